The molecular formula is C18H23NO2. The molecule has 1 aromatic carbocycles. The number of nitrogens with zero attached hydrogens (tertiary/aromatic N) is 1. The quantitative estimate of drug-likeness (QED) is 0.771. The monoisotopic (exact) mass is 285 g/mol. The third-order valence-corrected chi connectivity index (χ3v) is 4.76. The smallest absolute Gasteiger partial charge is 0.308 e. The lowest BCUT2D eigenvalue weighted by Gasteiger charge is -2.57. The topological polar surface area (TPSA) is 50.1 Å². The Morgan fingerprint density at radius 3 is 2.24 bits per heavy atom. The molecule has 112 valence electrons. The fourth-order valence-electron chi connectivity index (χ4n) is 3.70. The summed E-state index contributed by atoms with van der Waals surface area (Å²) in [5, 5.41) is 8.78. The van der Waals surface area contributed by atoms with Crippen molar-refractivity contribution in [2.75, 3.05) is 7.11 Å². The summed E-state index contributed by atoms with van der Waals surface area (Å²) in [6.45, 7) is 4.00. The van der Waals surface area contributed by atoms with Crippen molar-refractivity contribution < 1.29 is 9.53 Å². The number of rotatable bonds is 2. The highest BCUT2D eigenvalue weighted by molar-refractivity contribution is 5.73. The van der Waals surface area contributed by atoms with Crippen LogP contribution in [0.25, 0.3) is 0 Å². The number of hydrogen-bond acceptors (Lipinski definition) is 3. The van der Waals surface area contributed by atoms with Crippen LogP contribution in [0.4, 0.5) is 0 Å². The molecule has 2 aliphatic carbocycles. The van der Waals surface area contributed by atoms with Crippen molar-refractivity contribution in [3.05, 3.63) is 35.4 Å². The Kier molecular flexibility index (Phi) is 4.67. The van der Waals surface area contributed by atoms with Gasteiger partial charge in [0.05, 0.1) is 24.7 Å². The fourth-order valence-corrected chi connectivity index (χ4v) is 3.70. The number of hydrogen-bond donors (Lipinski definition) is 0. The molecule has 0 aliphatic heterocycles. The molecule has 1 aromatic rings. The summed E-state index contributed by atoms with van der Waals surface area (Å²) < 4.78 is 4.78. The molecule has 21 heavy (non-hydrogen) atoms. The first-order chi connectivity index (χ1) is 10.2. The predicted molar refractivity (Wildman–Crippen MR) is 81.7 cm³/mol. The first-order valence-corrected chi connectivity index (χ1v) is 7.74. The number of nitriles is 1. The van der Waals surface area contributed by atoms with Gasteiger partial charge in [0.15, 0.2) is 0 Å². The molecule has 0 aromatic heterocycles. The van der Waals surface area contributed by atoms with E-state index in [1.807, 2.05) is 26.0 Å². The number of esters is 1. The average Bonchev–Trinajstić information content (AvgIpc) is 2.46. The molecule has 0 heterocycles. The average molecular weight is 285 g/mol. The van der Waals surface area contributed by atoms with Gasteiger partial charge in [-0.1, -0.05) is 26.0 Å². The van der Waals surface area contributed by atoms with Crippen LogP contribution in [0.2, 0.25) is 0 Å². The number of methoxy groups -OCH3 is 1. The van der Waals surface area contributed by atoms with E-state index in [4.69, 9.17) is 10.00 Å². The summed E-state index contributed by atoms with van der Waals surface area (Å²) in [6.07, 6.45) is 4.33. The normalized spacial score (nSPS) is 29.2. The SMILES string of the molecule is CC.COC(=O)C1CC2(C1)CC(c1ccc(C#N)cc1)C2. The maximum atomic E-state index is 11.4. The van der Waals surface area contributed by atoms with Gasteiger partial charge in [0.1, 0.15) is 0 Å². The Morgan fingerprint density at radius 1 is 1.19 bits per heavy atom. The first-order valence-electron chi connectivity index (χ1n) is 7.74. The second kappa shape index (κ2) is 6.30. The maximum absolute atomic E-state index is 11.4. The van der Waals surface area contributed by atoms with Crippen molar-refractivity contribution in [2.45, 2.75) is 45.4 Å². The standard InChI is InChI=1S/C16H17NO2.C2H6/c1-19-15(18)14-8-16(9-14)6-13(7-16)12-4-2-11(10-17)3-5-12;1-2/h2-5,13-14H,6-9H2,1H3;1-2H3. The zero-order valence-corrected chi connectivity index (χ0v) is 13.1. The van der Waals surface area contributed by atoms with Crippen LogP contribution in [0, 0.1) is 22.7 Å². The number of ether oxygens (including phenoxy) is 1. The molecule has 3 rings (SSSR count). The van der Waals surface area contributed by atoms with E-state index < -0.39 is 0 Å². The van der Waals surface area contributed by atoms with E-state index in [1.165, 1.54) is 25.5 Å². The van der Waals surface area contributed by atoms with Gasteiger partial charge in [-0.15, -0.1) is 0 Å². The van der Waals surface area contributed by atoms with Crippen LogP contribution in [0.3, 0.4) is 0 Å². The number of carbonyl (C=O) groups is 1. The van der Waals surface area contributed by atoms with Gasteiger partial charge in [-0.2, -0.15) is 5.26 Å². The Bertz CT molecular complexity index is 527. The summed E-state index contributed by atoms with van der Waals surface area (Å²) in [5.74, 6) is 0.686. The molecule has 0 radical (unpaired) electrons. The summed E-state index contributed by atoms with van der Waals surface area (Å²) in [6, 6.07) is 10.0. The predicted octanol–water partition coefficient (Wildman–Crippen LogP) is 4.03. The molecule has 1 spiro atoms. The van der Waals surface area contributed by atoms with Crippen LogP contribution < -0.4 is 0 Å². The van der Waals surface area contributed by atoms with Gasteiger partial charge < -0.3 is 4.74 Å². The van der Waals surface area contributed by atoms with Crippen LogP contribution >= 0.6 is 0 Å². The molecule has 0 atom stereocenters. The minimum Gasteiger partial charge on any atom is -0.469 e. The van der Waals surface area contributed by atoms with Crippen molar-refractivity contribution in [2.24, 2.45) is 11.3 Å². The highest BCUT2D eigenvalue weighted by Crippen LogP contribution is 2.64. The van der Waals surface area contributed by atoms with Crippen molar-refractivity contribution >= 4 is 5.97 Å². The first kappa shape index (κ1) is 15.6. The lowest BCUT2D eigenvalue weighted by Crippen LogP contribution is -2.49. The van der Waals surface area contributed by atoms with E-state index in [-0.39, 0.29) is 11.9 Å². The molecule has 0 N–H and O–H groups in total. The molecule has 2 aliphatic rings. The third kappa shape index (κ3) is 2.95. The van der Waals surface area contributed by atoms with E-state index in [9.17, 15) is 4.79 Å². The van der Waals surface area contributed by atoms with Crippen LogP contribution in [0.15, 0.2) is 24.3 Å². The lowest BCUT2D eigenvalue weighted by atomic mass is 9.47. The van der Waals surface area contributed by atoms with Gasteiger partial charge in [-0.05, 0) is 54.7 Å². The Morgan fingerprint density at radius 2 is 1.76 bits per heavy atom. The minimum atomic E-state index is -0.0487. The Labute approximate surface area is 126 Å². The van der Waals surface area contributed by atoms with Gasteiger partial charge in [0.25, 0.3) is 0 Å². The molecule has 3 nitrogen and oxygen atoms in total. The molecule has 0 bridgehead atoms. The van der Waals surface area contributed by atoms with Crippen molar-refractivity contribution in [1.82, 2.24) is 0 Å². The third-order valence-electron chi connectivity index (χ3n) is 4.76. The molecule has 3 heteroatoms. The van der Waals surface area contributed by atoms with Gasteiger partial charge in [0, 0.05) is 0 Å². The van der Waals surface area contributed by atoms with Gasteiger partial charge >= 0.3 is 5.97 Å². The second-order valence-electron chi connectivity index (χ2n) is 5.97. The second-order valence-corrected chi connectivity index (χ2v) is 5.97. The van der Waals surface area contributed by atoms with Crippen LogP contribution in [0.1, 0.15) is 56.6 Å². The molecular weight excluding hydrogens is 262 g/mol. The number of benzene rings is 1. The van der Waals surface area contributed by atoms with Crippen LogP contribution in [-0.2, 0) is 9.53 Å². The van der Waals surface area contributed by atoms with Gasteiger partial charge in [-0.3, -0.25) is 4.79 Å². The molecule has 0 unspecified atom stereocenters. The summed E-state index contributed by atoms with van der Waals surface area (Å²) in [7, 11) is 1.47. The Hall–Kier alpha value is -1.82. The van der Waals surface area contributed by atoms with E-state index >= 15 is 0 Å². The van der Waals surface area contributed by atoms with E-state index in [0.717, 1.165) is 12.8 Å². The summed E-state index contributed by atoms with van der Waals surface area (Å²) in [5.41, 5.74) is 2.44. The largest absolute Gasteiger partial charge is 0.469 e. The number of carbonyl (C=O) groups excluding carboxylic acids is 1. The minimum absolute atomic E-state index is 0.0487. The lowest BCUT2D eigenvalue weighted by molar-refractivity contribution is -0.159. The molecule has 0 amide bonds. The van der Waals surface area contributed by atoms with Crippen LogP contribution in [0.5, 0.6) is 0 Å². The molecule has 0 saturated heterocycles. The molecule has 2 saturated carbocycles. The van der Waals surface area contributed by atoms with Gasteiger partial charge in [0.2, 0.25) is 0 Å². The zero-order valence-electron chi connectivity index (χ0n) is 13.1. The highest BCUT2D eigenvalue weighted by Gasteiger charge is 2.55. The van der Waals surface area contributed by atoms with Gasteiger partial charge in [-0.25, -0.2) is 0 Å². The van der Waals surface area contributed by atoms with E-state index in [1.54, 1.807) is 0 Å². The van der Waals surface area contributed by atoms with Crippen molar-refractivity contribution in [3.63, 3.8) is 0 Å². The highest BCUT2D eigenvalue weighted by atomic mass is 16.5. The zero-order chi connectivity index (χ0) is 15.5. The fraction of sp³-hybridized carbons (Fsp3) is 0.556. The van der Waals surface area contributed by atoms with Crippen LogP contribution in [-0.4, -0.2) is 13.1 Å². The summed E-state index contributed by atoms with van der Waals surface area (Å²) >= 11 is 0. The Balaban J connectivity index is 0.000000774. The van der Waals surface area contributed by atoms with Crippen molar-refractivity contribution in [1.29, 1.82) is 5.26 Å². The maximum Gasteiger partial charge on any atom is 0.308 e. The van der Waals surface area contributed by atoms with E-state index in [0.29, 0.717) is 16.9 Å². The summed E-state index contributed by atoms with van der Waals surface area (Å²) in [4.78, 5) is 11.4. The molecule has 2 fully saturated rings. The van der Waals surface area contributed by atoms with E-state index in [2.05, 4.69) is 18.2 Å². The van der Waals surface area contributed by atoms with Crippen molar-refractivity contribution in [3.8, 4) is 6.07 Å².